The monoisotopic (exact) mass is 466 g/mol. The third-order valence-electron chi connectivity index (χ3n) is 5.56. The number of hydrogen-bond acceptors (Lipinski definition) is 6. The van der Waals surface area contributed by atoms with Crippen LogP contribution in [-0.2, 0) is 9.53 Å². The topological polar surface area (TPSA) is 41.9 Å². The third kappa shape index (κ3) is 6.72. The smallest absolute Gasteiger partial charge is 0.306 e. The second-order valence-corrected chi connectivity index (χ2v) is 10.5. The van der Waals surface area contributed by atoms with Crippen molar-refractivity contribution in [3.8, 4) is 0 Å². The van der Waals surface area contributed by atoms with Gasteiger partial charge >= 0.3 is 5.97 Å². The van der Waals surface area contributed by atoms with Gasteiger partial charge in [-0.1, -0.05) is 81.6 Å². The molecule has 0 atom stereocenters. The van der Waals surface area contributed by atoms with Crippen molar-refractivity contribution in [1.29, 1.82) is 0 Å². The zero-order valence-corrected chi connectivity index (χ0v) is 21.2. The van der Waals surface area contributed by atoms with Crippen LogP contribution in [0.5, 0.6) is 0 Å². The van der Waals surface area contributed by atoms with E-state index in [2.05, 4.69) is 50.8 Å². The highest BCUT2D eigenvalue weighted by Gasteiger charge is 2.37. The number of esters is 1. The highest BCUT2D eigenvalue weighted by molar-refractivity contribution is 8.23. The molecule has 0 aliphatic carbocycles. The van der Waals surface area contributed by atoms with E-state index in [-0.39, 0.29) is 11.4 Å². The van der Waals surface area contributed by atoms with Gasteiger partial charge in [-0.25, -0.2) is 4.99 Å². The van der Waals surface area contributed by atoms with Crippen LogP contribution in [0.4, 0.5) is 5.69 Å². The van der Waals surface area contributed by atoms with Crippen molar-refractivity contribution in [2.75, 3.05) is 24.7 Å². The molecule has 2 rings (SSSR count). The molecule has 30 heavy (non-hydrogen) atoms. The van der Waals surface area contributed by atoms with E-state index < -0.39 is 0 Å². The molecule has 0 N–H and O–H groups in total. The summed E-state index contributed by atoms with van der Waals surface area (Å²) in [6.45, 7) is 12.0. The van der Waals surface area contributed by atoms with Gasteiger partial charge in [0, 0.05) is 18.1 Å². The van der Waals surface area contributed by atoms with Crippen LogP contribution in [-0.4, -0.2) is 45.0 Å². The number of hydrogen-bond donors (Lipinski definition) is 0. The Morgan fingerprint density at radius 1 is 1.30 bits per heavy atom. The van der Waals surface area contributed by atoms with Gasteiger partial charge < -0.3 is 9.64 Å². The predicted octanol–water partition coefficient (Wildman–Crippen LogP) is 6.62. The maximum absolute atomic E-state index is 11.7. The second-order valence-electron chi connectivity index (χ2n) is 7.86. The molecule has 0 aromatic heterocycles. The molecule has 0 saturated carbocycles. The van der Waals surface area contributed by atoms with E-state index in [1.807, 2.05) is 13.0 Å². The average Bonchev–Trinajstić information content (AvgIpc) is 2.74. The van der Waals surface area contributed by atoms with Gasteiger partial charge in [0.15, 0.2) is 5.17 Å². The SMILES string of the molecule is CCOC(=O)CCSC(=S)N1CC(CC)(CC)CSC1=Nc1ccccc1C(C)C. The molecule has 4 nitrogen and oxygen atoms in total. The number of nitrogens with zero attached hydrogens (tertiary/aromatic N) is 2. The number of benzene rings is 1. The van der Waals surface area contributed by atoms with Crippen molar-refractivity contribution in [1.82, 2.24) is 4.90 Å². The van der Waals surface area contributed by atoms with Gasteiger partial charge in [-0.3, -0.25) is 4.79 Å². The fourth-order valence-electron chi connectivity index (χ4n) is 3.37. The van der Waals surface area contributed by atoms with Gasteiger partial charge in [-0.05, 0) is 42.7 Å². The van der Waals surface area contributed by atoms with Crippen LogP contribution in [0.25, 0.3) is 0 Å². The first-order valence-corrected chi connectivity index (χ1v) is 13.1. The van der Waals surface area contributed by atoms with E-state index in [4.69, 9.17) is 21.9 Å². The normalized spacial score (nSPS) is 17.4. The summed E-state index contributed by atoms with van der Waals surface area (Å²) in [6.07, 6.45) is 2.59. The predicted molar refractivity (Wildman–Crippen MR) is 136 cm³/mol. The number of carbonyl (C=O) groups excluding carboxylic acids is 1. The average molecular weight is 467 g/mol. The zero-order valence-electron chi connectivity index (χ0n) is 18.8. The molecule has 0 amide bonds. The molecule has 1 fully saturated rings. The standard InChI is InChI=1S/C23H34N2O2S3/c1-6-23(7-2)15-25(22(28)29-14-13-20(26)27-8-3)21(30-16-23)24-19-12-10-9-11-18(19)17(4)5/h9-12,17H,6-8,13-16H2,1-5H3. The summed E-state index contributed by atoms with van der Waals surface area (Å²) in [5.74, 6) is 1.91. The Balaban J connectivity index is 2.25. The van der Waals surface area contributed by atoms with E-state index in [9.17, 15) is 4.79 Å². The van der Waals surface area contributed by atoms with Crippen molar-refractivity contribution < 1.29 is 9.53 Å². The molecule has 0 spiro atoms. The molecular formula is C23H34N2O2S3. The van der Waals surface area contributed by atoms with Crippen LogP contribution in [0.2, 0.25) is 0 Å². The van der Waals surface area contributed by atoms with Crippen LogP contribution >= 0.6 is 35.7 Å². The Morgan fingerprint density at radius 3 is 2.63 bits per heavy atom. The van der Waals surface area contributed by atoms with Crippen LogP contribution in [0.1, 0.15) is 65.4 Å². The molecule has 0 radical (unpaired) electrons. The number of para-hydroxylation sites is 1. The lowest BCUT2D eigenvalue weighted by atomic mass is 9.84. The van der Waals surface area contributed by atoms with Crippen molar-refractivity contribution >= 4 is 56.9 Å². The molecule has 166 valence electrons. The Hall–Kier alpha value is -1.05. The van der Waals surface area contributed by atoms with Gasteiger partial charge in [-0.2, -0.15) is 0 Å². The maximum Gasteiger partial charge on any atom is 0.306 e. The molecule has 7 heteroatoms. The minimum absolute atomic E-state index is 0.169. The number of thiocarbonyl (C=S) groups is 1. The summed E-state index contributed by atoms with van der Waals surface area (Å²) >= 11 is 9.16. The first-order chi connectivity index (χ1) is 14.4. The van der Waals surface area contributed by atoms with Crippen molar-refractivity contribution in [3.05, 3.63) is 29.8 Å². The van der Waals surface area contributed by atoms with E-state index >= 15 is 0 Å². The number of rotatable bonds is 8. The van der Waals surface area contributed by atoms with E-state index in [1.54, 1.807) is 23.5 Å². The largest absolute Gasteiger partial charge is 0.466 e. The number of amidine groups is 1. The van der Waals surface area contributed by atoms with Crippen LogP contribution in [0.3, 0.4) is 0 Å². The van der Waals surface area contributed by atoms with E-state index in [0.29, 0.717) is 24.7 Å². The summed E-state index contributed by atoms with van der Waals surface area (Å²) in [6, 6.07) is 8.34. The highest BCUT2D eigenvalue weighted by Crippen LogP contribution is 2.40. The Morgan fingerprint density at radius 2 is 2.00 bits per heavy atom. The summed E-state index contributed by atoms with van der Waals surface area (Å²) in [5.41, 5.74) is 2.49. The maximum atomic E-state index is 11.7. The number of aliphatic imine (C=N–C) groups is 1. The summed E-state index contributed by atoms with van der Waals surface area (Å²) in [7, 11) is 0. The lowest BCUT2D eigenvalue weighted by Gasteiger charge is -2.42. The first-order valence-electron chi connectivity index (χ1n) is 10.8. The van der Waals surface area contributed by atoms with Gasteiger partial charge in [0.1, 0.15) is 4.32 Å². The Bertz CT molecular complexity index is 761. The fraction of sp³-hybridized carbons (Fsp3) is 0.609. The lowest BCUT2D eigenvalue weighted by molar-refractivity contribution is -0.142. The third-order valence-corrected chi connectivity index (χ3v) is 8.34. The minimum atomic E-state index is -0.169. The second kappa shape index (κ2) is 12.1. The van der Waals surface area contributed by atoms with Crippen molar-refractivity contribution in [2.24, 2.45) is 10.4 Å². The van der Waals surface area contributed by atoms with Crippen molar-refractivity contribution in [2.45, 2.75) is 59.8 Å². The lowest BCUT2D eigenvalue weighted by Crippen LogP contribution is -2.47. The van der Waals surface area contributed by atoms with Gasteiger partial charge in [-0.15, -0.1) is 0 Å². The van der Waals surface area contributed by atoms with Gasteiger partial charge in [0.2, 0.25) is 0 Å². The molecule has 1 aliphatic heterocycles. The molecule has 0 unspecified atom stereocenters. The Labute approximate surface area is 195 Å². The van der Waals surface area contributed by atoms with Gasteiger partial charge in [0.05, 0.1) is 18.7 Å². The molecule has 0 bridgehead atoms. The number of carbonyl (C=O) groups is 1. The van der Waals surface area contributed by atoms with Crippen LogP contribution in [0.15, 0.2) is 29.3 Å². The molecule has 1 aliphatic rings. The quantitative estimate of drug-likeness (QED) is 0.317. The molecular weight excluding hydrogens is 432 g/mol. The first kappa shape index (κ1) is 25.2. The van der Waals surface area contributed by atoms with Crippen molar-refractivity contribution in [3.63, 3.8) is 0 Å². The van der Waals surface area contributed by atoms with E-state index in [1.165, 1.54) is 5.56 Å². The molecule has 1 saturated heterocycles. The van der Waals surface area contributed by atoms with E-state index in [0.717, 1.165) is 40.3 Å². The molecule has 1 heterocycles. The Kier molecular flexibility index (Phi) is 10.2. The summed E-state index contributed by atoms with van der Waals surface area (Å²) in [4.78, 5) is 18.9. The number of ether oxygens (including phenoxy) is 1. The zero-order chi connectivity index (χ0) is 22.1. The summed E-state index contributed by atoms with van der Waals surface area (Å²) < 4.78 is 5.83. The van der Waals surface area contributed by atoms with Gasteiger partial charge in [0.25, 0.3) is 0 Å². The fourth-order valence-corrected chi connectivity index (χ4v) is 6.05. The highest BCUT2D eigenvalue weighted by atomic mass is 32.2. The molecule has 1 aromatic carbocycles. The summed E-state index contributed by atoms with van der Waals surface area (Å²) in [5, 5.41) is 0.967. The molecule has 1 aromatic rings. The number of thioether (sulfide) groups is 2. The van der Waals surface area contributed by atoms with Crippen LogP contribution < -0.4 is 0 Å². The minimum Gasteiger partial charge on any atom is -0.466 e. The van der Waals surface area contributed by atoms with Crippen LogP contribution in [0, 0.1) is 5.41 Å².